The maximum Gasteiger partial charge on any atom is 0.263 e. The number of carbonyl (C=O) groups excluding carboxylic acids is 1. The number of pyridine rings is 2. The number of rotatable bonds is 4. The lowest BCUT2D eigenvalue weighted by Crippen LogP contribution is -2.41. The number of hydrogen-bond acceptors (Lipinski definition) is 3. The molecule has 2 aromatic heterocycles. The Morgan fingerprint density at radius 2 is 1.96 bits per heavy atom. The number of nitrogens with zero attached hydrogens (tertiary/aromatic N) is 3. The molecule has 5 nitrogen and oxygen atoms in total. The average Bonchev–Trinajstić information content (AvgIpc) is 2.63. The minimum absolute atomic E-state index is 0.150. The Morgan fingerprint density at radius 1 is 1.20 bits per heavy atom. The van der Waals surface area contributed by atoms with Gasteiger partial charge in [0.25, 0.3) is 11.5 Å². The Balaban J connectivity index is 1.70. The molecule has 5 heteroatoms. The molecule has 0 unspecified atom stereocenters. The monoisotopic (exact) mass is 339 g/mol. The van der Waals surface area contributed by atoms with E-state index in [0.29, 0.717) is 31.5 Å². The fraction of sp³-hybridized carbons (Fsp3) is 0.450. The summed E-state index contributed by atoms with van der Waals surface area (Å²) in [7, 11) is 0. The zero-order valence-corrected chi connectivity index (χ0v) is 14.9. The Kier molecular flexibility index (Phi) is 5.31. The molecule has 0 atom stereocenters. The first kappa shape index (κ1) is 17.4. The van der Waals surface area contributed by atoms with Crippen LogP contribution in [-0.4, -0.2) is 33.4 Å². The van der Waals surface area contributed by atoms with Gasteiger partial charge in [-0.05, 0) is 43.0 Å². The summed E-state index contributed by atoms with van der Waals surface area (Å²) in [5, 5.41) is 0. The van der Waals surface area contributed by atoms with Crippen LogP contribution >= 0.6 is 0 Å². The predicted octanol–water partition coefficient (Wildman–Crippen LogP) is 2.92. The average molecular weight is 339 g/mol. The summed E-state index contributed by atoms with van der Waals surface area (Å²) in [6, 6.07) is 9.40. The number of aromatic nitrogens is 2. The van der Waals surface area contributed by atoms with Crippen molar-refractivity contribution >= 4 is 5.91 Å². The molecule has 132 valence electrons. The first-order valence-electron chi connectivity index (χ1n) is 8.96. The fourth-order valence-electron chi connectivity index (χ4n) is 3.40. The third-order valence-corrected chi connectivity index (χ3v) is 4.70. The van der Waals surface area contributed by atoms with Crippen molar-refractivity contribution in [3.05, 3.63) is 64.3 Å². The second-order valence-corrected chi connectivity index (χ2v) is 7.09. The standard InChI is InChI=1S/C20H25N3O2/c1-15(2)14-23-11-5-6-17(20(23)25)19(24)22-12-8-16(9-13-22)18-7-3-4-10-21-18/h3-7,10-11,15-16H,8-9,12-14H2,1-2H3. The first-order chi connectivity index (χ1) is 12.1. The van der Waals surface area contributed by atoms with Crippen molar-refractivity contribution in [2.75, 3.05) is 13.1 Å². The van der Waals surface area contributed by atoms with E-state index >= 15 is 0 Å². The molecule has 1 saturated heterocycles. The normalized spacial score (nSPS) is 15.6. The van der Waals surface area contributed by atoms with Crippen molar-refractivity contribution in [2.45, 2.75) is 39.2 Å². The highest BCUT2D eigenvalue weighted by Gasteiger charge is 2.26. The molecule has 25 heavy (non-hydrogen) atoms. The summed E-state index contributed by atoms with van der Waals surface area (Å²) >= 11 is 0. The van der Waals surface area contributed by atoms with Crippen LogP contribution in [0.25, 0.3) is 0 Å². The highest BCUT2D eigenvalue weighted by atomic mass is 16.2. The van der Waals surface area contributed by atoms with E-state index in [-0.39, 0.29) is 17.0 Å². The molecule has 0 spiro atoms. The molecule has 0 aromatic carbocycles. The van der Waals surface area contributed by atoms with Crippen LogP contribution in [0.2, 0.25) is 0 Å². The van der Waals surface area contributed by atoms with E-state index < -0.39 is 0 Å². The van der Waals surface area contributed by atoms with Crippen LogP contribution in [-0.2, 0) is 6.54 Å². The van der Waals surface area contributed by atoms with Crippen LogP contribution < -0.4 is 5.56 Å². The van der Waals surface area contributed by atoms with Gasteiger partial charge in [-0.2, -0.15) is 0 Å². The van der Waals surface area contributed by atoms with Crippen LogP contribution in [0.1, 0.15) is 48.7 Å². The van der Waals surface area contributed by atoms with Gasteiger partial charge in [0.15, 0.2) is 0 Å². The van der Waals surface area contributed by atoms with E-state index in [0.717, 1.165) is 18.5 Å². The summed E-state index contributed by atoms with van der Waals surface area (Å²) in [6.45, 7) is 6.07. The molecular weight excluding hydrogens is 314 g/mol. The van der Waals surface area contributed by atoms with E-state index in [4.69, 9.17) is 0 Å². The molecule has 0 aliphatic carbocycles. The van der Waals surface area contributed by atoms with Gasteiger partial charge < -0.3 is 9.47 Å². The van der Waals surface area contributed by atoms with Gasteiger partial charge in [-0.25, -0.2) is 0 Å². The summed E-state index contributed by atoms with van der Waals surface area (Å²) < 4.78 is 1.64. The Hall–Kier alpha value is -2.43. The number of piperidine rings is 1. The van der Waals surface area contributed by atoms with Crippen molar-refractivity contribution in [2.24, 2.45) is 5.92 Å². The zero-order chi connectivity index (χ0) is 17.8. The quantitative estimate of drug-likeness (QED) is 0.860. The van der Waals surface area contributed by atoms with Crippen LogP contribution in [0.4, 0.5) is 0 Å². The molecule has 1 aliphatic heterocycles. The molecule has 1 amide bonds. The van der Waals surface area contributed by atoms with Crippen molar-refractivity contribution in [1.29, 1.82) is 0 Å². The van der Waals surface area contributed by atoms with Gasteiger partial charge in [0.1, 0.15) is 5.56 Å². The molecule has 0 bridgehead atoms. The lowest BCUT2D eigenvalue weighted by atomic mass is 9.93. The molecule has 3 heterocycles. The van der Waals surface area contributed by atoms with Crippen LogP contribution in [0.5, 0.6) is 0 Å². The van der Waals surface area contributed by atoms with Crippen molar-refractivity contribution in [3.8, 4) is 0 Å². The minimum Gasteiger partial charge on any atom is -0.338 e. The van der Waals surface area contributed by atoms with Gasteiger partial charge in [-0.15, -0.1) is 0 Å². The highest BCUT2D eigenvalue weighted by molar-refractivity contribution is 5.93. The summed E-state index contributed by atoms with van der Waals surface area (Å²) in [5.41, 5.74) is 1.18. The first-order valence-corrected chi connectivity index (χ1v) is 8.96. The van der Waals surface area contributed by atoms with Gasteiger partial charge in [0.05, 0.1) is 0 Å². The zero-order valence-electron chi connectivity index (χ0n) is 14.9. The summed E-state index contributed by atoms with van der Waals surface area (Å²) in [6.07, 6.45) is 5.34. The van der Waals surface area contributed by atoms with E-state index in [2.05, 4.69) is 18.8 Å². The topological polar surface area (TPSA) is 55.2 Å². The molecular formula is C20H25N3O2. The number of amides is 1. The molecule has 0 N–H and O–H groups in total. The summed E-state index contributed by atoms with van der Waals surface area (Å²) in [5.74, 6) is 0.596. The SMILES string of the molecule is CC(C)Cn1cccc(C(=O)N2CCC(c3ccccn3)CC2)c1=O. The van der Waals surface area contributed by atoms with Gasteiger partial charge >= 0.3 is 0 Å². The van der Waals surface area contributed by atoms with Gasteiger partial charge in [0, 0.05) is 43.6 Å². The second-order valence-electron chi connectivity index (χ2n) is 7.09. The van der Waals surface area contributed by atoms with E-state index in [1.165, 1.54) is 0 Å². The van der Waals surface area contributed by atoms with Crippen molar-refractivity contribution in [3.63, 3.8) is 0 Å². The van der Waals surface area contributed by atoms with Crippen molar-refractivity contribution in [1.82, 2.24) is 14.5 Å². The molecule has 2 aromatic rings. The molecule has 0 radical (unpaired) electrons. The fourth-order valence-corrected chi connectivity index (χ4v) is 3.40. The lowest BCUT2D eigenvalue weighted by molar-refractivity contribution is 0.0709. The third-order valence-electron chi connectivity index (χ3n) is 4.70. The van der Waals surface area contributed by atoms with Crippen molar-refractivity contribution < 1.29 is 4.79 Å². The molecule has 3 rings (SSSR count). The largest absolute Gasteiger partial charge is 0.338 e. The van der Waals surface area contributed by atoms with Gasteiger partial charge in [-0.3, -0.25) is 14.6 Å². The molecule has 1 aliphatic rings. The minimum atomic E-state index is -0.187. The number of hydrogen-bond donors (Lipinski definition) is 0. The number of carbonyl (C=O) groups is 1. The van der Waals surface area contributed by atoms with E-state index in [9.17, 15) is 9.59 Å². The van der Waals surface area contributed by atoms with Crippen LogP contribution in [0.15, 0.2) is 47.5 Å². The van der Waals surface area contributed by atoms with Crippen LogP contribution in [0, 0.1) is 5.92 Å². The Bertz CT molecular complexity index is 775. The summed E-state index contributed by atoms with van der Waals surface area (Å²) in [4.78, 5) is 31.6. The third kappa shape index (κ3) is 3.98. The second kappa shape index (κ2) is 7.64. The number of likely N-dealkylation sites (tertiary alicyclic amines) is 1. The Morgan fingerprint density at radius 3 is 2.60 bits per heavy atom. The van der Waals surface area contributed by atoms with Crippen LogP contribution in [0.3, 0.4) is 0 Å². The lowest BCUT2D eigenvalue weighted by Gasteiger charge is -2.31. The van der Waals surface area contributed by atoms with Gasteiger partial charge in [-0.1, -0.05) is 19.9 Å². The molecule has 0 saturated carbocycles. The Labute approximate surface area is 148 Å². The highest BCUT2D eigenvalue weighted by Crippen LogP contribution is 2.26. The van der Waals surface area contributed by atoms with E-state index in [1.54, 1.807) is 27.8 Å². The maximum atomic E-state index is 12.8. The smallest absolute Gasteiger partial charge is 0.263 e. The molecule has 1 fully saturated rings. The van der Waals surface area contributed by atoms with Gasteiger partial charge in [0.2, 0.25) is 0 Å². The van der Waals surface area contributed by atoms with E-state index in [1.807, 2.05) is 24.4 Å². The predicted molar refractivity (Wildman–Crippen MR) is 97.7 cm³/mol. The maximum absolute atomic E-state index is 12.8.